The van der Waals surface area contributed by atoms with E-state index in [4.69, 9.17) is 10.7 Å². The van der Waals surface area contributed by atoms with Crippen LogP contribution in [0.3, 0.4) is 0 Å². The van der Waals surface area contributed by atoms with Crippen molar-refractivity contribution >= 4 is 0 Å². The monoisotopic (exact) mass is 485 g/mol. The van der Waals surface area contributed by atoms with Crippen molar-refractivity contribution in [2.45, 2.75) is 95.0 Å². The highest BCUT2D eigenvalue weighted by atomic mass is 16.6. The van der Waals surface area contributed by atoms with Crippen LogP contribution in [0.5, 0.6) is 5.75 Å². The van der Waals surface area contributed by atoms with Gasteiger partial charge in [-0.2, -0.15) is 5.90 Å². The van der Waals surface area contributed by atoms with E-state index in [0.29, 0.717) is 17.2 Å². The van der Waals surface area contributed by atoms with Crippen LogP contribution in [0, 0.1) is 0 Å². The standard InChI is InChI=1S/C33H43NO2/c34-36-32-22-16-15-21-31(32)33(35,29-19-13-10-14-20-29)30-25-23-28(24-26-30)27-17-11-8-6-4-2-1-3-5-7-9-12-18-27/h10,13-16,19-27,35H,1-9,11-12,17-18,34H2. The van der Waals surface area contributed by atoms with Gasteiger partial charge in [-0.05, 0) is 41.5 Å². The zero-order valence-corrected chi connectivity index (χ0v) is 21.7. The first-order chi connectivity index (χ1) is 17.7. The highest BCUT2D eigenvalue weighted by Gasteiger charge is 2.36. The van der Waals surface area contributed by atoms with Gasteiger partial charge in [-0.3, -0.25) is 0 Å². The molecule has 1 unspecified atom stereocenters. The topological polar surface area (TPSA) is 55.5 Å². The van der Waals surface area contributed by atoms with Crippen LogP contribution >= 0.6 is 0 Å². The van der Waals surface area contributed by atoms with Crippen molar-refractivity contribution in [3.63, 3.8) is 0 Å². The second-order valence-electron chi connectivity index (χ2n) is 10.5. The molecule has 0 amide bonds. The maximum absolute atomic E-state index is 12.3. The van der Waals surface area contributed by atoms with Gasteiger partial charge >= 0.3 is 0 Å². The molecule has 3 nitrogen and oxygen atoms in total. The smallest absolute Gasteiger partial charge is 0.153 e. The fourth-order valence-corrected chi connectivity index (χ4v) is 5.87. The molecule has 0 heterocycles. The zero-order chi connectivity index (χ0) is 25.1. The van der Waals surface area contributed by atoms with Gasteiger partial charge in [0, 0.05) is 5.56 Å². The largest absolute Gasteiger partial charge is 0.411 e. The summed E-state index contributed by atoms with van der Waals surface area (Å²) in [7, 11) is 0. The number of hydrogen-bond acceptors (Lipinski definition) is 3. The number of para-hydroxylation sites is 1. The van der Waals surface area contributed by atoms with E-state index < -0.39 is 5.60 Å². The van der Waals surface area contributed by atoms with E-state index in [1.54, 1.807) is 6.07 Å². The van der Waals surface area contributed by atoms with Gasteiger partial charge in [-0.1, -0.05) is 143 Å². The van der Waals surface area contributed by atoms with E-state index in [9.17, 15) is 5.11 Å². The molecule has 0 aliphatic heterocycles. The lowest BCUT2D eigenvalue weighted by Gasteiger charge is -2.31. The van der Waals surface area contributed by atoms with Crippen LogP contribution < -0.4 is 10.7 Å². The van der Waals surface area contributed by atoms with Crippen molar-refractivity contribution in [1.29, 1.82) is 0 Å². The third kappa shape index (κ3) is 6.57. The molecule has 0 spiro atoms. The second kappa shape index (κ2) is 13.6. The fourth-order valence-electron chi connectivity index (χ4n) is 5.87. The number of nitrogens with two attached hydrogens (primary N) is 1. The lowest BCUT2D eigenvalue weighted by molar-refractivity contribution is 0.120. The molecule has 3 N–H and O–H groups in total. The molecular weight excluding hydrogens is 442 g/mol. The molecule has 3 aromatic carbocycles. The van der Waals surface area contributed by atoms with E-state index in [1.165, 1.54) is 89.0 Å². The maximum Gasteiger partial charge on any atom is 0.153 e. The quantitative estimate of drug-likeness (QED) is 0.282. The Kier molecular flexibility index (Phi) is 10.0. The highest BCUT2D eigenvalue weighted by Crippen LogP contribution is 2.41. The molecule has 0 saturated heterocycles. The number of hydrogen-bond donors (Lipinski definition) is 2. The van der Waals surface area contributed by atoms with Gasteiger partial charge in [0.05, 0.1) is 0 Å². The number of rotatable bonds is 5. The molecule has 1 fully saturated rings. The van der Waals surface area contributed by atoms with E-state index in [-0.39, 0.29) is 0 Å². The minimum absolute atomic E-state index is 0.471. The number of aliphatic hydroxyl groups is 1. The van der Waals surface area contributed by atoms with E-state index in [0.717, 1.165) is 11.1 Å². The Morgan fingerprint density at radius 3 is 1.61 bits per heavy atom. The van der Waals surface area contributed by atoms with Gasteiger partial charge in [0.1, 0.15) is 5.60 Å². The van der Waals surface area contributed by atoms with E-state index in [2.05, 4.69) is 24.3 Å². The van der Waals surface area contributed by atoms with Crippen LogP contribution in [0.2, 0.25) is 0 Å². The predicted octanol–water partition coefficient (Wildman–Crippen LogP) is 8.39. The van der Waals surface area contributed by atoms with Crippen LogP contribution in [-0.4, -0.2) is 5.11 Å². The molecule has 4 rings (SSSR count). The normalized spacial score (nSPS) is 18.6. The van der Waals surface area contributed by atoms with Crippen LogP contribution in [0.15, 0.2) is 78.9 Å². The highest BCUT2D eigenvalue weighted by molar-refractivity contribution is 5.52. The van der Waals surface area contributed by atoms with Gasteiger partial charge in [0.25, 0.3) is 0 Å². The molecule has 1 aliphatic rings. The first-order valence-corrected chi connectivity index (χ1v) is 14.1. The summed E-state index contributed by atoms with van der Waals surface area (Å²) in [5.74, 6) is 6.67. The first kappa shape index (κ1) is 26.4. The molecule has 1 atom stereocenters. The van der Waals surface area contributed by atoms with E-state index >= 15 is 0 Å². The number of benzene rings is 3. The first-order valence-electron chi connectivity index (χ1n) is 14.1. The van der Waals surface area contributed by atoms with Gasteiger partial charge in [-0.25, -0.2) is 0 Å². The summed E-state index contributed by atoms with van der Waals surface area (Å²) in [6.07, 6.45) is 17.6. The maximum atomic E-state index is 12.3. The fraction of sp³-hybridized carbons (Fsp3) is 0.455. The Labute approximate surface area is 217 Å². The average molecular weight is 486 g/mol. The summed E-state index contributed by atoms with van der Waals surface area (Å²) in [5, 5.41) is 12.3. The van der Waals surface area contributed by atoms with Gasteiger partial charge < -0.3 is 9.94 Å². The third-order valence-electron chi connectivity index (χ3n) is 8.00. The Hall–Kier alpha value is -2.62. The second-order valence-corrected chi connectivity index (χ2v) is 10.5. The lowest BCUT2D eigenvalue weighted by atomic mass is 9.79. The van der Waals surface area contributed by atoms with Gasteiger partial charge in [-0.15, -0.1) is 0 Å². The summed E-state index contributed by atoms with van der Waals surface area (Å²) in [6.45, 7) is 0. The third-order valence-corrected chi connectivity index (χ3v) is 8.00. The van der Waals surface area contributed by atoms with Crippen LogP contribution in [0.4, 0.5) is 0 Å². The van der Waals surface area contributed by atoms with Crippen molar-refractivity contribution in [2.24, 2.45) is 5.90 Å². The summed E-state index contributed by atoms with van der Waals surface area (Å²) in [5.41, 5.74) is 2.29. The Morgan fingerprint density at radius 1 is 0.583 bits per heavy atom. The van der Waals surface area contributed by atoms with Crippen molar-refractivity contribution in [3.8, 4) is 5.75 Å². The van der Waals surface area contributed by atoms with Crippen LogP contribution in [0.1, 0.15) is 112 Å². The molecule has 0 radical (unpaired) electrons. The van der Waals surface area contributed by atoms with Crippen molar-refractivity contribution in [3.05, 3.63) is 101 Å². The van der Waals surface area contributed by atoms with Crippen LogP contribution in [-0.2, 0) is 5.60 Å². The zero-order valence-electron chi connectivity index (χ0n) is 21.7. The minimum Gasteiger partial charge on any atom is -0.411 e. The average Bonchev–Trinajstić information content (AvgIpc) is 2.94. The van der Waals surface area contributed by atoms with Gasteiger partial charge in [0.15, 0.2) is 5.75 Å². The Bertz CT molecular complexity index is 1020. The SMILES string of the molecule is NOc1ccccc1C(O)(c1ccccc1)c1ccc(C2CCCCCCCCCCCCC2)cc1. The summed E-state index contributed by atoms with van der Waals surface area (Å²) >= 11 is 0. The Balaban J connectivity index is 1.60. The summed E-state index contributed by atoms with van der Waals surface area (Å²) < 4.78 is 0. The molecule has 3 aromatic rings. The minimum atomic E-state index is -1.36. The van der Waals surface area contributed by atoms with Crippen LogP contribution in [0.25, 0.3) is 0 Å². The lowest BCUT2D eigenvalue weighted by Crippen LogP contribution is -2.30. The van der Waals surface area contributed by atoms with Gasteiger partial charge in [0.2, 0.25) is 0 Å². The molecule has 1 saturated carbocycles. The summed E-state index contributed by atoms with van der Waals surface area (Å²) in [4.78, 5) is 5.18. The summed E-state index contributed by atoms with van der Waals surface area (Å²) in [6, 6.07) is 25.9. The Morgan fingerprint density at radius 2 is 1.06 bits per heavy atom. The predicted molar refractivity (Wildman–Crippen MR) is 149 cm³/mol. The molecule has 36 heavy (non-hydrogen) atoms. The molecule has 192 valence electrons. The molecule has 3 heteroatoms. The van der Waals surface area contributed by atoms with E-state index in [1.807, 2.05) is 48.5 Å². The molecule has 1 aliphatic carbocycles. The molecule has 0 aromatic heterocycles. The van der Waals surface area contributed by atoms with Crippen molar-refractivity contribution in [1.82, 2.24) is 0 Å². The molecule has 0 bridgehead atoms. The molecular formula is C33H43NO2. The van der Waals surface area contributed by atoms with Crippen molar-refractivity contribution < 1.29 is 9.94 Å². The van der Waals surface area contributed by atoms with Crippen molar-refractivity contribution in [2.75, 3.05) is 0 Å².